The molecule has 0 N–H and O–H groups in total. The second-order valence-electron chi connectivity index (χ2n) is 1.16. The predicted molar refractivity (Wildman–Crippen MR) is 32.7 cm³/mol. The van der Waals surface area contributed by atoms with E-state index in [4.69, 9.17) is 0 Å². The molecule has 8 heavy (non-hydrogen) atoms. The zero-order chi connectivity index (χ0) is 5.70. The Bertz CT molecular complexity index is 63.4. The third-order valence-electron chi connectivity index (χ3n) is 0.594. The Balaban J connectivity index is 0. The van der Waals surface area contributed by atoms with Gasteiger partial charge in [-0.1, -0.05) is 6.92 Å². The van der Waals surface area contributed by atoms with Gasteiger partial charge in [-0.15, -0.1) is 0 Å². The summed E-state index contributed by atoms with van der Waals surface area (Å²) in [6, 6.07) is 0. The zero-order valence-electron chi connectivity index (χ0n) is 5.73. The van der Waals surface area contributed by atoms with Crippen LogP contribution in [0, 0.1) is 0 Å². The first-order chi connectivity index (χ1) is 3.31. The molecule has 0 aliphatic rings. The number of esters is 1. The van der Waals surface area contributed by atoms with Gasteiger partial charge in [0.2, 0.25) is 0 Å². The second kappa shape index (κ2) is 7.47. The fraction of sp³-hybridized carbons (Fsp3) is 0.800. The van der Waals surface area contributed by atoms with Crippen molar-refractivity contribution in [2.45, 2.75) is 20.3 Å². The third kappa shape index (κ3) is 6.47. The van der Waals surface area contributed by atoms with Gasteiger partial charge in [-0.25, -0.2) is 0 Å². The molecule has 0 fully saturated rings. The number of rotatable bonds is 2. The van der Waals surface area contributed by atoms with Gasteiger partial charge in [0.25, 0.3) is 0 Å². The normalized spacial score (nSPS) is 7.25. The fourth-order valence-corrected chi connectivity index (χ4v) is 0.263. The molecule has 0 aromatic carbocycles. The van der Waals surface area contributed by atoms with Crippen LogP contribution < -0.4 is 0 Å². The minimum atomic E-state index is -0.123. The predicted octanol–water partition coefficient (Wildman–Crippen LogP) is 0.579. The smallest absolute Gasteiger partial charge is 0.305 e. The van der Waals surface area contributed by atoms with E-state index in [0.717, 1.165) is 0 Å². The van der Waals surface area contributed by atoms with Crippen molar-refractivity contribution in [3.8, 4) is 0 Å². The summed E-state index contributed by atoms with van der Waals surface area (Å²) >= 11 is 0. The second-order valence-corrected chi connectivity index (χ2v) is 1.16. The van der Waals surface area contributed by atoms with Crippen molar-refractivity contribution in [1.82, 2.24) is 0 Å². The van der Waals surface area contributed by atoms with Crippen LogP contribution in [0.2, 0.25) is 0 Å². The Morgan fingerprint density at radius 2 is 2.00 bits per heavy atom. The molecule has 0 unspecified atom stereocenters. The molecule has 0 saturated carbocycles. The van der Waals surface area contributed by atoms with Gasteiger partial charge in [0.05, 0.1) is 6.61 Å². The number of carbonyl (C=O) groups is 1. The van der Waals surface area contributed by atoms with Crippen molar-refractivity contribution in [1.29, 1.82) is 0 Å². The largest absolute Gasteiger partial charge is 0.466 e. The number of hydrogen-bond donors (Lipinski definition) is 0. The van der Waals surface area contributed by atoms with E-state index in [1.807, 2.05) is 0 Å². The maximum Gasteiger partial charge on any atom is 0.305 e. The minimum absolute atomic E-state index is 0. The molecule has 0 amide bonds. The van der Waals surface area contributed by atoms with Crippen LogP contribution in [0.1, 0.15) is 20.3 Å². The van der Waals surface area contributed by atoms with Crippen molar-refractivity contribution in [2.75, 3.05) is 6.61 Å². The van der Waals surface area contributed by atoms with E-state index in [1.54, 1.807) is 13.8 Å². The Hall–Kier alpha value is 0.470. The van der Waals surface area contributed by atoms with Crippen LogP contribution in [0.4, 0.5) is 0 Å². The van der Waals surface area contributed by atoms with Crippen molar-refractivity contribution < 1.29 is 9.53 Å². The molecular formula is C5H10NaO2. The van der Waals surface area contributed by atoms with E-state index in [1.165, 1.54) is 0 Å². The number of carbonyl (C=O) groups excluding carboxylic acids is 1. The van der Waals surface area contributed by atoms with Gasteiger partial charge in [0, 0.05) is 36.0 Å². The van der Waals surface area contributed by atoms with Crippen LogP contribution in [0.5, 0.6) is 0 Å². The maximum absolute atomic E-state index is 10.2. The Labute approximate surface area is 71.9 Å². The van der Waals surface area contributed by atoms with E-state index >= 15 is 0 Å². The van der Waals surface area contributed by atoms with Crippen LogP contribution in [0.15, 0.2) is 0 Å². The summed E-state index contributed by atoms with van der Waals surface area (Å²) in [6.07, 6.45) is 0.480. The Morgan fingerprint density at radius 3 is 2.12 bits per heavy atom. The van der Waals surface area contributed by atoms with Crippen LogP contribution >= 0.6 is 0 Å². The number of hydrogen-bond acceptors (Lipinski definition) is 2. The quantitative estimate of drug-likeness (QED) is 0.398. The minimum Gasteiger partial charge on any atom is -0.466 e. The van der Waals surface area contributed by atoms with E-state index < -0.39 is 0 Å². The van der Waals surface area contributed by atoms with Gasteiger partial charge in [-0.3, -0.25) is 4.79 Å². The van der Waals surface area contributed by atoms with Crippen molar-refractivity contribution in [3.05, 3.63) is 0 Å². The molecule has 0 aliphatic heterocycles. The van der Waals surface area contributed by atoms with Crippen molar-refractivity contribution in [2.24, 2.45) is 0 Å². The molecule has 0 rings (SSSR count). The standard InChI is InChI=1S/C5H10O2.Na/c1-3-5(6)7-4-2;/h3-4H2,1-2H3;. The first-order valence-electron chi connectivity index (χ1n) is 2.46. The molecule has 0 spiro atoms. The number of ether oxygens (including phenoxy) is 1. The van der Waals surface area contributed by atoms with Crippen molar-refractivity contribution in [3.63, 3.8) is 0 Å². The summed E-state index contributed by atoms with van der Waals surface area (Å²) in [5.74, 6) is -0.123. The van der Waals surface area contributed by atoms with Gasteiger partial charge in [0.15, 0.2) is 0 Å². The van der Waals surface area contributed by atoms with Gasteiger partial charge in [-0.05, 0) is 6.92 Å². The third-order valence-corrected chi connectivity index (χ3v) is 0.594. The van der Waals surface area contributed by atoms with Gasteiger partial charge >= 0.3 is 5.97 Å². The average molecular weight is 125 g/mol. The summed E-state index contributed by atoms with van der Waals surface area (Å²) in [6.45, 7) is 4.07. The fourth-order valence-electron chi connectivity index (χ4n) is 0.263. The monoisotopic (exact) mass is 125 g/mol. The van der Waals surface area contributed by atoms with Crippen LogP contribution in [-0.4, -0.2) is 42.1 Å². The van der Waals surface area contributed by atoms with Crippen LogP contribution in [0.25, 0.3) is 0 Å². The maximum atomic E-state index is 10.2. The zero-order valence-corrected chi connectivity index (χ0v) is 7.73. The summed E-state index contributed by atoms with van der Waals surface area (Å²) in [4.78, 5) is 10.2. The molecule has 3 heteroatoms. The Kier molecular flexibility index (Phi) is 10.5. The SMILES string of the molecule is CCOC(=O)CC.[Na]. The van der Waals surface area contributed by atoms with E-state index in [2.05, 4.69) is 4.74 Å². The molecule has 0 aliphatic carbocycles. The molecular weight excluding hydrogens is 115 g/mol. The summed E-state index contributed by atoms with van der Waals surface area (Å²) in [7, 11) is 0. The van der Waals surface area contributed by atoms with Crippen LogP contribution in [-0.2, 0) is 9.53 Å². The molecule has 0 atom stereocenters. The van der Waals surface area contributed by atoms with Crippen molar-refractivity contribution >= 4 is 35.5 Å². The molecule has 0 bridgehead atoms. The topological polar surface area (TPSA) is 26.3 Å². The van der Waals surface area contributed by atoms with E-state index in [0.29, 0.717) is 13.0 Å². The van der Waals surface area contributed by atoms with Gasteiger partial charge < -0.3 is 4.74 Å². The Morgan fingerprint density at radius 1 is 1.50 bits per heavy atom. The molecule has 2 nitrogen and oxygen atoms in total. The molecule has 43 valence electrons. The molecule has 0 aromatic rings. The summed E-state index contributed by atoms with van der Waals surface area (Å²) in [5.41, 5.74) is 0. The molecule has 1 radical (unpaired) electrons. The van der Waals surface area contributed by atoms with Gasteiger partial charge in [0.1, 0.15) is 0 Å². The van der Waals surface area contributed by atoms with Crippen LogP contribution in [0.3, 0.4) is 0 Å². The first-order valence-corrected chi connectivity index (χ1v) is 2.46. The van der Waals surface area contributed by atoms with E-state index in [9.17, 15) is 4.79 Å². The molecule has 0 heterocycles. The molecule has 0 saturated heterocycles. The average Bonchev–Trinajstić information content (AvgIpc) is 1.68. The van der Waals surface area contributed by atoms with Gasteiger partial charge in [-0.2, -0.15) is 0 Å². The summed E-state index contributed by atoms with van der Waals surface area (Å²) < 4.78 is 4.55. The summed E-state index contributed by atoms with van der Waals surface area (Å²) in [5, 5.41) is 0. The van der Waals surface area contributed by atoms with E-state index in [-0.39, 0.29) is 35.5 Å². The first kappa shape index (κ1) is 11.3. The molecule has 0 aromatic heterocycles.